The van der Waals surface area contributed by atoms with E-state index in [-0.39, 0.29) is 0 Å². The van der Waals surface area contributed by atoms with E-state index in [1.54, 1.807) is 0 Å². The van der Waals surface area contributed by atoms with Crippen molar-refractivity contribution < 1.29 is 0 Å². The molecule has 0 atom stereocenters. The number of pyridine rings is 1. The van der Waals surface area contributed by atoms with Crippen molar-refractivity contribution in [1.29, 1.82) is 0 Å². The average molecular weight is 291 g/mol. The van der Waals surface area contributed by atoms with Crippen LogP contribution in [0.3, 0.4) is 0 Å². The van der Waals surface area contributed by atoms with Crippen molar-refractivity contribution in [3.63, 3.8) is 0 Å². The van der Waals surface area contributed by atoms with Crippen LogP contribution in [0.15, 0.2) is 12.1 Å². The molecule has 1 aliphatic rings. The Balaban J connectivity index is 1.88. The van der Waals surface area contributed by atoms with E-state index in [1.807, 2.05) is 7.05 Å². The molecule has 1 fully saturated rings. The van der Waals surface area contributed by atoms with E-state index in [0.29, 0.717) is 0 Å². The number of aryl methyl sites for hydroxylation is 1. The van der Waals surface area contributed by atoms with E-state index in [4.69, 9.17) is 4.98 Å². The summed E-state index contributed by atoms with van der Waals surface area (Å²) in [7, 11) is 6.24. The lowest BCUT2D eigenvalue weighted by atomic mass is 10.2. The van der Waals surface area contributed by atoms with Gasteiger partial charge in [-0.15, -0.1) is 0 Å². The lowest BCUT2D eigenvalue weighted by molar-refractivity contribution is 0.229. The molecule has 1 aromatic rings. The third kappa shape index (κ3) is 4.66. The molecule has 0 saturated carbocycles. The van der Waals surface area contributed by atoms with Crippen molar-refractivity contribution in [3.8, 4) is 0 Å². The maximum atomic E-state index is 4.77. The molecule has 0 radical (unpaired) electrons. The zero-order valence-electron chi connectivity index (χ0n) is 13.9. The Morgan fingerprint density at radius 3 is 2.48 bits per heavy atom. The molecule has 0 bridgehead atoms. The highest BCUT2D eigenvalue weighted by atomic mass is 15.3. The Labute approximate surface area is 128 Å². The van der Waals surface area contributed by atoms with Gasteiger partial charge >= 0.3 is 0 Å². The molecule has 2 rings (SSSR count). The van der Waals surface area contributed by atoms with Gasteiger partial charge in [-0.05, 0) is 39.7 Å². The quantitative estimate of drug-likeness (QED) is 0.838. The Morgan fingerprint density at radius 1 is 1.19 bits per heavy atom. The van der Waals surface area contributed by atoms with E-state index in [1.165, 1.54) is 5.56 Å². The summed E-state index contributed by atoms with van der Waals surface area (Å²) < 4.78 is 0. The first-order valence-electron chi connectivity index (χ1n) is 7.83. The molecule has 21 heavy (non-hydrogen) atoms. The summed E-state index contributed by atoms with van der Waals surface area (Å²) in [5, 5.41) is 3.19. The lowest BCUT2D eigenvalue weighted by Gasteiger charge is -2.36. The molecule has 1 aromatic heterocycles. The SMILES string of the molecule is CNCc1ccc(N2CCN(CCN(C)C)CC2)nc1C. The van der Waals surface area contributed by atoms with Crippen LogP contribution in [0.25, 0.3) is 0 Å². The normalized spacial score (nSPS) is 16.7. The van der Waals surface area contributed by atoms with E-state index in [2.05, 4.69) is 53.2 Å². The third-order valence-corrected chi connectivity index (χ3v) is 4.11. The van der Waals surface area contributed by atoms with Crippen LogP contribution >= 0.6 is 0 Å². The molecule has 118 valence electrons. The predicted molar refractivity (Wildman–Crippen MR) is 88.9 cm³/mol. The van der Waals surface area contributed by atoms with Gasteiger partial charge in [0.25, 0.3) is 0 Å². The van der Waals surface area contributed by atoms with Crippen LogP contribution in [-0.4, -0.2) is 75.2 Å². The molecule has 0 spiro atoms. The van der Waals surface area contributed by atoms with Gasteiger partial charge in [0.1, 0.15) is 5.82 Å². The fourth-order valence-electron chi connectivity index (χ4n) is 2.67. The van der Waals surface area contributed by atoms with Crippen LogP contribution in [0.4, 0.5) is 5.82 Å². The Hall–Kier alpha value is -1.17. The van der Waals surface area contributed by atoms with Crippen molar-refractivity contribution in [2.75, 3.05) is 65.3 Å². The van der Waals surface area contributed by atoms with Crippen LogP contribution in [-0.2, 0) is 6.54 Å². The average Bonchev–Trinajstić information content (AvgIpc) is 2.48. The first-order chi connectivity index (χ1) is 10.1. The second kappa shape index (κ2) is 7.73. The molecule has 5 nitrogen and oxygen atoms in total. The second-order valence-corrected chi connectivity index (χ2v) is 6.08. The minimum atomic E-state index is 0.886. The Bertz CT molecular complexity index is 438. The summed E-state index contributed by atoms with van der Waals surface area (Å²) in [6, 6.07) is 4.36. The molecule has 1 N–H and O–H groups in total. The molecule has 1 saturated heterocycles. The number of hydrogen-bond acceptors (Lipinski definition) is 5. The fourth-order valence-corrected chi connectivity index (χ4v) is 2.67. The van der Waals surface area contributed by atoms with E-state index < -0.39 is 0 Å². The summed E-state index contributed by atoms with van der Waals surface area (Å²) >= 11 is 0. The van der Waals surface area contributed by atoms with Crippen LogP contribution in [0.1, 0.15) is 11.3 Å². The van der Waals surface area contributed by atoms with E-state index in [9.17, 15) is 0 Å². The topological polar surface area (TPSA) is 34.6 Å². The van der Waals surface area contributed by atoms with Gasteiger partial charge in [0.05, 0.1) is 0 Å². The molecule has 2 heterocycles. The summed E-state index contributed by atoms with van der Waals surface area (Å²) in [5.41, 5.74) is 2.42. The van der Waals surface area contributed by atoms with Gasteiger partial charge in [-0.1, -0.05) is 6.07 Å². The van der Waals surface area contributed by atoms with Gasteiger partial charge in [-0.2, -0.15) is 0 Å². The predicted octanol–water partition coefficient (Wildman–Crippen LogP) is 0.793. The number of aromatic nitrogens is 1. The van der Waals surface area contributed by atoms with Crippen molar-refractivity contribution in [2.24, 2.45) is 0 Å². The van der Waals surface area contributed by atoms with Crippen LogP contribution < -0.4 is 10.2 Å². The smallest absolute Gasteiger partial charge is 0.128 e. The minimum Gasteiger partial charge on any atom is -0.354 e. The van der Waals surface area contributed by atoms with Gasteiger partial charge in [0.15, 0.2) is 0 Å². The highest BCUT2D eigenvalue weighted by Crippen LogP contribution is 2.16. The second-order valence-electron chi connectivity index (χ2n) is 6.08. The molecule has 1 aliphatic heterocycles. The number of hydrogen-bond donors (Lipinski definition) is 1. The van der Waals surface area contributed by atoms with E-state index >= 15 is 0 Å². The zero-order chi connectivity index (χ0) is 15.2. The third-order valence-electron chi connectivity index (χ3n) is 4.11. The number of anilines is 1. The van der Waals surface area contributed by atoms with Crippen LogP contribution in [0.2, 0.25) is 0 Å². The largest absolute Gasteiger partial charge is 0.354 e. The number of nitrogens with one attached hydrogen (secondary N) is 1. The molecule has 0 aromatic carbocycles. The standard InChI is InChI=1S/C16H29N5/c1-14-15(13-17-2)5-6-16(18-14)21-11-9-20(10-12-21)8-7-19(3)4/h5-6,17H,7-13H2,1-4H3. The monoisotopic (exact) mass is 291 g/mol. The van der Waals surface area contributed by atoms with Crippen LogP contribution in [0, 0.1) is 6.92 Å². The number of nitrogens with zero attached hydrogens (tertiary/aromatic N) is 4. The highest BCUT2D eigenvalue weighted by molar-refractivity contribution is 5.42. The van der Waals surface area contributed by atoms with Gasteiger partial charge < -0.3 is 15.1 Å². The molecule has 0 unspecified atom stereocenters. The zero-order valence-corrected chi connectivity index (χ0v) is 13.9. The first-order valence-corrected chi connectivity index (χ1v) is 7.83. The van der Waals surface area contributed by atoms with Gasteiger partial charge in [0.2, 0.25) is 0 Å². The molecular weight excluding hydrogens is 262 g/mol. The van der Waals surface area contributed by atoms with Gasteiger partial charge in [-0.25, -0.2) is 4.98 Å². The van der Waals surface area contributed by atoms with E-state index in [0.717, 1.165) is 57.3 Å². The maximum absolute atomic E-state index is 4.77. The summed E-state index contributed by atoms with van der Waals surface area (Å²) in [4.78, 5) is 12.0. The molecule has 5 heteroatoms. The van der Waals surface area contributed by atoms with Crippen LogP contribution in [0.5, 0.6) is 0 Å². The Kier molecular flexibility index (Phi) is 5.96. The number of likely N-dealkylation sites (N-methyl/N-ethyl adjacent to an activating group) is 1. The van der Waals surface area contributed by atoms with Crippen molar-refractivity contribution in [2.45, 2.75) is 13.5 Å². The first kappa shape index (κ1) is 16.2. The van der Waals surface area contributed by atoms with Crippen molar-refractivity contribution in [3.05, 3.63) is 23.4 Å². The van der Waals surface area contributed by atoms with Gasteiger partial charge in [0, 0.05) is 51.5 Å². The fraction of sp³-hybridized carbons (Fsp3) is 0.688. The maximum Gasteiger partial charge on any atom is 0.128 e. The lowest BCUT2D eigenvalue weighted by Crippen LogP contribution is -2.48. The summed E-state index contributed by atoms with van der Waals surface area (Å²) in [6.07, 6.45) is 0. The van der Waals surface area contributed by atoms with Gasteiger partial charge in [-0.3, -0.25) is 4.90 Å². The summed E-state index contributed by atoms with van der Waals surface area (Å²) in [6.45, 7) is 9.70. The molecule has 0 aliphatic carbocycles. The Morgan fingerprint density at radius 2 is 1.90 bits per heavy atom. The van der Waals surface area contributed by atoms with Crippen molar-refractivity contribution >= 4 is 5.82 Å². The van der Waals surface area contributed by atoms with Crippen molar-refractivity contribution in [1.82, 2.24) is 20.1 Å². The molecule has 0 amide bonds. The highest BCUT2D eigenvalue weighted by Gasteiger charge is 2.18. The molecular formula is C16H29N5. The number of rotatable bonds is 6. The minimum absolute atomic E-state index is 0.886. The summed E-state index contributed by atoms with van der Waals surface area (Å²) in [5.74, 6) is 1.12. The number of piperazine rings is 1.